The Morgan fingerprint density at radius 2 is 1.70 bits per heavy atom. The Hall–Kier alpha value is -3.81. The normalized spacial score (nSPS) is 15.1. The quantitative estimate of drug-likeness (QED) is 0.569. The summed E-state index contributed by atoms with van der Waals surface area (Å²) in [7, 11) is 0. The summed E-state index contributed by atoms with van der Waals surface area (Å²) in [5.74, 6) is -1.25. The van der Waals surface area contributed by atoms with Gasteiger partial charge in [-0.1, -0.05) is 42.5 Å². The molecule has 170 valence electrons. The van der Waals surface area contributed by atoms with Crippen molar-refractivity contribution in [2.45, 2.75) is 31.8 Å². The summed E-state index contributed by atoms with van der Waals surface area (Å²) < 4.78 is 42.4. The van der Waals surface area contributed by atoms with Crippen LogP contribution in [-0.2, 0) is 13.0 Å². The van der Waals surface area contributed by atoms with E-state index in [1.54, 1.807) is 65.6 Å². The maximum atomic E-state index is 13.5. The summed E-state index contributed by atoms with van der Waals surface area (Å²) >= 11 is 0. The number of halogens is 3. The van der Waals surface area contributed by atoms with Gasteiger partial charge in [0, 0.05) is 17.7 Å². The molecule has 1 aliphatic rings. The van der Waals surface area contributed by atoms with Crippen molar-refractivity contribution in [2.75, 3.05) is 0 Å². The van der Waals surface area contributed by atoms with Crippen molar-refractivity contribution in [3.8, 4) is 5.75 Å². The maximum Gasteiger partial charge on any atom is 0.573 e. The molecule has 33 heavy (non-hydrogen) atoms. The molecule has 0 saturated heterocycles. The minimum atomic E-state index is -4.82. The van der Waals surface area contributed by atoms with Gasteiger partial charge in [-0.25, -0.2) is 0 Å². The van der Waals surface area contributed by atoms with Crippen LogP contribution in [0.5, 0.6) is 5.75 Å². The molecule has 0 bridgehead atoms. The first-order chi connectivity index (χ1) is 15.7. The molecule has 0 aliphatic heterocycles. The highest BCUT2D eigenvalue weighted by atomic mass is 19.4. The van der Waals surface area contributed by atoms with Crippen LogP contribution in [0.15, 0.2) is 72.8 Å². The van der Waals surface area contributed by atoms with Gasteiger partial charge in [-0.15, -0.1) is 13.2 Å². The summed E-state index contributed by atoms with van der Waals surface area (Å²) in [5, 5.41) is 0. The summed E-state index contributed by atoms with van der Waals surface area (Å²) in [6.07, 6.45) is -3.69. The molecule has 3 aromatic carbocycles. The number of carbonyl (C=O) groups excluding carboxylic acids is 2. The summed E-state index contributed by atoms with van der Waals surface area (Å²) in [5.41, 5.74) is 8.25. The molecule has 0 spiro atoms. The largest absolute Gasteiger partial charge is 0.573 e. The van der Waals surface area contributed by atoms with E-state index >= 15 is 0 Å². The number of hydrogen-bond donors (Lipinski definition) is 1. The van der Waals surface area contributed by atoms with Gasteiger partial charge in [-0.05, 0) is 59.9 Å². The van der Waals surface area contributed by atoms with Gasteiger partial charge in [0.15, 0.2) is 0 Å². The third-order valence-corrected chi connectivity index (χ3v) is 5.68. The second-order valence-electron chi connectivity index (χ2n) is 7.78. The lowest BCUT2D eigenvalue weighted by molar-refractivity contribution is -0.274. The van der Waals surface area contributed by atoms with Gasteiger partial charge in [0.05, 0.1) is 6.04 Å². The third-order valence-electron chi connectivity index (χ3n) is 5.68. The van der Waals surface area contributed by atoms with Gasteiger partial charge in [0.2, 0.25) is 5.91 Å². The van der Waals surface area contributed by atoms with Gasteiger partial charge < -0.3 is 15.4 Å². The molecule has 0 aromatic heterocycles. The Balaban J connectivity index is 1.75. The molecule has 5 nitrogen and oxygen atoms in total. The number of aryl methyl sites for hydroxylation is 1. The lowest BCUT2D eigenvalue weighted by atomic mass is 10.0. The van der Waals surface area contributed by atoms with Gasteiger partial charge in [-0.3, -0.25) is 9.59 Å². The predicted molar refractivity (Wildman–Crippen MR) is 115 cm³/mol. The van der Waals surface area contributed by atoms with Crippen LogP contribution in [0.25, 0.3) is 0 Å². The number of alkyl halides is 3. The molecule has 0 unspecified atom stereocenters. The number of ether oxygens (including phenoxy) is 1. The molecule has 1 aliphatic carbocycles. The Labute approximate surface area is 188 Å². The number of rotatable bonds is 6. The van der Waals surface area contributed by atoms with E-state index in [1.165, 1.54) is 12.1 Å². The number of carbonyl (C=O) groups is 2. The van der Waals surface area contributed by atoms with Gasteiger partial charge >= 0.3 is 6.36 Å². The van der Waals surface area contributed by atoms with Crippen LogP contribution in [0.1, 0.15) is 49.9 Å². The van der Waals surface area contributed by atoms with E-state index in [2.05, 4.69) is 4.74 Å². The fourth-order valence-electron chi connectivity index (χ4n) is 4.23. The highest BCUT2D eigenvalue weighted by molar-refractivity contribution is 5.96. The lowest BCUT2D eigenvalue weighted by Gasteiger charge is -2.31. The Morgan fingerprint density at radius 1 is 1.00 bits per heavy atom. The summed E-state index contributed by atoms with van der Waals surface area (Å²) in [4.78, 5) is 27.1. The van der Waals surface area contributed by atoms with Crippen molar-refractivity contribution in [3.63, 3.8) is 0 Å². The lowest BCUT2D eigenvalue weighted by Crippen LogP contribution is -2.34. The van der Waals surface area contributed by atoms with Crippen molar-refractivity contribution < 1.29 is 27.5 Å². The number of primary amides is 1. The fraction of sp³-hybridized carbons (Fsp3) is 0.200. The van der Waals surface area contributed by atoms with Crippen LogP contribution in [0, 0.1) is 0 Å². The molecular weight excluding hydrogens is 433 g/mol. The molecule has 4 rings (SSSR count). The Morgan fingerprint density at radius 3 is 2.39 bits per heavy atom. The van der Waals surface area contributed by atoms with Gasteiger partial charge in [0.1, 0.15) is 5.75 Å². The highest BCUT2D eigenvalue weighted by Crippen LogP contribution is 2.40. The number of hydrogen-bond acceptors (Lipinski definition) is 3. The fourth-order valence-corrected chi connectivity index (χ4v) is 4.23. The van der Waals surface area contributed by atoms with Crippen LogP contribution in [0.4, 0.5) is 13.2 Å². The van der Waals surface area contributed by atoms with E-state index in [4.69, 9.17) is 5.73 Å². The van der Waals surface area contributed by atoms with E-state index in [0.717, 1.165) is 5.56 Å². The average molecular weight is 454 g/mol. The van der Waals surface area contributed by atoms with E-state index in [0.29, 0.717) is 29.5 Å². The zero-order chi connectivity index (χ0) is 23.6. The standard InChI is InChI=1S/C25H21F3N2O3/c26-25(27,28)33-19-12-10-16-11-13-22(21(16)14-19)30(24(32)17-6-2-1-3-7-17)15-18-8-4-5-9-20(18)23(29)31/h1-10,12,14,22H,11,13,15H2,(H2,29,31)/t22-/m1/s1. The molecule has 3 aromatic rings. The van der Waals surface area contributed by atoms with E-state index in [1.807, 2.05) is 0 Å². The van der Waals surface area contributed by atoms with Gasteiger partial charge in [-0.2, -0.15) is 0 Å². The number of nitrogens with zero attached hydrogens (tertiary/aromatic N) is 1. The monoisotopic (exact) mass is 454 g/mol. The molecule has 0 heterocycles. The first-order valence-corrected chi connectivity index (χ1v) is 10.4. The van der Waals surface area contributed by atoms with E-state index in [9.17, 15) is 22.8 Å². The molecule has 0 fully saturated rings. The predicted octanol–water partition coefficient (Wildman–Crippen LogP) is 5.01. The molecular formula is C25H21F3N2O3. The topological polar surface area (TPSA) is 72.6 Å². The van der Waals surface area contributed by atoms with E-state index < -0.39 is 18.3 Å². The van der Waals surface area contributed by atoms with Crippen molar-refractivity contribution >= 4 is 11.8 Å². The molecule has 2 amide bonds. The van der Waals surface area contributed by atoms with Crippen LogP contribution in [-0.4, -0.2) is 23.1 Å². The number of benzene rings is 3. The number of amides is 2. The maximum absolute atomic E-state index is 13.5. The molecule has 2 N–H and O–H groups in total. The number of nitrogens with two attached hydrogens (primary N) is 1. The van der Waals surface area contributed by atoms with Crippen LogP contribution in [0.3, 0.4) is 0 Å². The van der Waals surface area contributed by atoms with Crippen LogP contribution in [0.2, 0.25) is 0 Å². The minimum Gasteiger partial charge on any atom is -0.406 e. The van der Waals surface area contributed by atoms with E-state index in [-0.39, 0.29) is 23.8 Å². The van der Waals surface area contributed by atoms with Crippen molar-refractivity contribution in [1.29, 1.82) is 0 Å². The SMILES string of the molecule is NC(=O)c1ccccc1CN(C(=O)c1ccccc1)[C@@H]1CCc2ccc(OC(F)(F)F)cc21. The van der Waals surface area contributed by atoms with Crippen LogP contribution >= 0.6 is 0 Å². The van der Waals surface area contributed by atoms with Crippen molar-refractivity contribution in [2.24, 2.45) is 5.73 Å². The van der Waals surface area contributed by atoms with Crippen LogP contribution < -0.4 is 10.5 Å². The first-order valence-electron chi connectivity index (χ1n) is 10.4. The minimum absolute atomic E-state index is 0.0707. The zero-order valence-electron chi connectivity index (χ0n) is 17.5. The molecule has 1 atom stereocenters. The molecule has 0 saturated carbocycles. The molecule has 8 heteroatoms. The van der Waals surface area contributed by atoms with Crippen molar-refractivity contribution in [1.82, 2.24) is 4.90 Å². The third kappa shape index (κ3) is 5.00. The summed E-state index contributed by atoms with van der Waals surface area (Å²) in [6, 6.07) is 19.0. The van der Waals surface area contributed by atoms with Gasteiger partial charge in [0.25, 0.3) is 5.91 Å². The van der Waals surface area contributed by atoms with Crippen molar-refractivity contribution in [3.05, 3.63) is 101 Å². The summed E-state index contributed by atoms with van der Waals surface area (Å²) in [6.45, 7) is 0.0707. The Kier molecular flexibility index (Phi) is 6.09. The second-order valence-corrected chi connectivity index (χ2v) is 7.78. The smallest absolute Gasteiger partial charge is 0.406 e. The zero-order valence-corrected chi connectivity index (χ0v) is 17.5. The highest BCUT2D eigenvalue weighted by Gasteiger charge is 2.35. The first kappa shape index (κ1) is 22.4. The number of fused-ring (bicyclic) bond motifs is 1. The Bertz CT molecular complexity index is 1180. The average Bonchev–Trinajstić information content (AvgIpc) is 3.19. The second kappa shape index (κ2) is 8.97. The molecule has 0 radical (unpaired) electrons.